The molecule has 0 spiro atoms. The highest BCUT2D eigenvalue weighted by atomic mass is 79.9. The number of pyridine rings is 1. The molecule has 1 unspecified atom stereocenters. The Labute approximate surface area is 79.8 Å². The molecule has 3 heteroatoms. The molecule has 2 rings (SSSR count). The summed E-state index contributed by atoms with van der Waals surface area (Å²) >= 11 is 3.30. The van der Waals surface area contributed by atoms with E-state index in [4.69, 9.17) is 0 Å². The fraction of sp³-hybridized carbons (Fsp3) is 0.444. The molecular formula is C9H10BrNO. The van der Waals surface area contributed by atoms with Crippen LogP contribution in [-0.2, 0) is 6.42 Å². The van der Waals surface area contributed by atoms with Gasteiger partial charge in [0.25, 0.3) is 0 Å². The fourth-order valence-electron chi connectivity index (χ4n) is 1.60. The quantitative estimate of drug-likeness (QED) is 0.690. The lowest BCUT2D eigenvalue weighted by Crippen LogP contribution is -2.11. The molecular weight excluding hydrogens is 218 g/mol. The standard InChI is InChI=1S/C9H10BrNO/c10-8-5-4-6-2-1-3-7(12)9(6)11-8/h4-5,7,12H,1-3H2. The van der Waals surface area contributed by atoms with Crippen LogP contribution in [0, 0.1) is 0 Å². The normalized spacial score (nSPS) is 22.0. The van der Waals surface area contributed by atoms with Crippen LogP contribution in [0.3, 0.4) is 0 Å². The highest BCUT2D eigenvalue weighted by Crippen LogP contribution is 2.28. The molecule has 2 nitrogen and oxygen atoms in total. The molecule has 1 N–H and O–H groups in total. The number of rotatable bonds is 0. The second-order valence-corrected chi connectivity index (χ2v) is 3.90. The van der Waals surface area contributed by atoms with Gasteiger partial charge in [-0.1, -0.05) is 6.07 Å². The molecule has 0 aromatic carbocycles. The average Bonchev–Trinajstić information content (AvgIpc) is 2.07. The lowest BCUT2D eigenvalue weighted by molar-refractivity contribution is 0.151. The van der Waals surface area contributed by atoms with Crippen LogP contribution in [0.5, 0.6) is 0 Å². The van der Waals surface area contributed by atoms with Crippen molar-refractivity contribution in [3.63, 3.8) is 0 Å². The van der Waals surface area contributed by atoms with Crippen molar-refractivity contribution >= 4 is 15.9 Å². The van der Waals surface area contributed by atoms with E-state index in [0.29, 0.717) is 0 Å². The Morgan fingerprint density at radius 1 is 1.50 bits per heavy atom. The minimum absolute atomic E-state index is 0.355. The van der Waals surface area contributed by atoms with Gasteiger partial charge in [-0.2, -0.15) is 0 Å². The van der Waals surface area contributed by atoms with Gasteiger partial charge in [-0.25, -0.2) is 4.98 Å². The number of fused-ring (bicyclic) bond motifs is 1. The average molecular weight is 228 g/mol. The molecule has 1 aromatic rings. The summed E-state index contributed by atoms with van der Waals surface area (Å²) < 4.78 is 0.808. The van der Waals surface area contributed by atoms with Crippen molar-refractivity contribution in [1.29, 1.82) is 0 Å². The number of nitrogens with zero attached hydrogens (tertiary/aromatic N) is 1. The van der Waals surface area contributed by atoms with Gasteiger partial charge in [0.2, 0.25) is 0 Å². The van der Waals surface area contributed by atoms with Crippen molar-refractivity contribution < 1.29 is 5.11 Å². The molecule has 1 aliphatic rings. The first-order valence-electron chi connectivity index (χ1n) is 4.11. The van der Waals surface area contributed by atoms with E-state index in [1.807, 2.05) is 12.1 Å². The number of aliphatic hydroxyl groups excluding tert-OH is 1. The van der Waals surface area contributed by atoms with Crippen LogP contribution in [0.4, 0.5) is 0 Å². The van der Waals surface area contributed by atoms with E-state index in [0.717, 1.165) is 29.6 Å². The van der Waals surface area contributed by atoms with Gasteiger partial charge in [0.1, 0.15) is 4.60 Å². The third kappa shape index (κ3) is 1.39. The monoisotopic (exact) mass is 227 g/mol. The zero-order chi connectivity index (χ0) is 8.55. The van der Waals surface area contributed by atoms with Crippen molar-refractivity contribution in [2.45, 2.75) is 25.4 Å². The summed E-state index contributed by atoms with van der Waals surface area (Å²) in [4.78, 5) is 4.26. The van der Waals surface area contributed by atoms with E-state index in [9.17, 15) is 5.11 Å². The predicted molar refractivity (Wildman–Crippen MR) is 49.8 cm³/mol. The van der Waals surface area contributed by atoms with Gasteiger partial charge in [0.15, 0.2) is 0 Å². The SMILES string of the molecule is OC1CCCc2ccc(Br)nc21. The number of hydrogen-bond donors (Lipinski definition) is 1. The Balaban J connectivity index is 2.47. The van der Waals surface area contributed by atoms with Gasteiger partial charge < -0.3 is 5.11 Å². The van der Waals surface area contributed by atoms with E-state index in [2.05, 4.69) is 20.9 Å². The van der Waals surface area contributed by atoms with Gasteiger partial charge in [0, 0.05) is 0 Å². The zero-order valence-electron chi connectivity index (χ0n) is 6.63. The Kier molecular flexibility index (Phi) is 2.15. The molecule has 0 aliphatic heterocycles. The lowest BCUT2D eigenvalue weighted by Gasteiger charge is -2.19. The maximum atomic E-state index is 9.60. The molecule has 1 aliphatic carbocycles. The highest BCUT2D eigenvalue weighted by Gasteiger charge is 2.18. The number of aliphatic hydroxyl groups is 1. The molecule has 0 radical (unpaired) electrons. The van der Waals surface area contributed by atoms with Crippen LogP contribution in [-0.4, -0.2) is 10.1 Å². The molecule has 0 saturated heterocycles. The first-order chi connectivity index (χ1) is 5.77. The molecule has 12 heavy (non-hydrogen) atoms. The van der Waals surface area contributed by atoms with E-state index < -0.39 is 0 Å². The summed E-state index contributed by atoms with van der Waals surface area (Å²) in [6.45, 7) is 0. The summed E-state index contributed by atoms with van der Waals surface area (Å²) in [5.74, 6) is 0. The predicted octanol–water partition coefficient (Wildman–Crippen LogP) is 2.21. The molecule has 0 bridgehead atoms. The van der Waals surface area contributed by atoms with Crippen LogP contribution in [0.25, 0.3) is 0 Å². The largest absolute Gasteiger partial charge is 0.387 e. The van der Waals surface area contributed by atoms with E-state index in [1.54, 1.807) is 0 Å². The minimum Gasteiger partial charge on any atom is -0.387 e. The Bertz CT molecular complexity index is 301. The Morgan fingerprint density at radius 3 is 3.17 bits per heavy atom. The van der Waals surface area contributed by atoms with E-state index in [-0.39, 0.29) is 6.10 Å². The summed E-state index contributed by atoms with van der Waals surface area (Å²) in [5, 5.41) is 9.60. The van der Waals surface area contributed by atoms with Crippen molar-refractivity contribution in [1.82, 2.24) is 4.98 Å². The second-order valence-electron chi connectivity index (χ2n) is 3.09. The molecule has 1 aromatic heterocycles. The maximum Gasteiger partial charge on any atom is 0.106 e. The molecule has 0 saturated carbocycles. The first kappa shape index (κ1) is 8.20. The summed E-state index contributed by atoms with van der Waals surface area (Å²) in [6, 6.07) is 3.96. The molecule has 1 heterocycles. The summed E-state index contributed by atoms with van der Waals surface area (Å²) in [7, 11) is 0. The fourth-order valence-corrected chi connectivity index (χ4v) is 1.92. The van der Waals surface area contributed by atoms with Crippen LogP contribution in [0.2, 0.25) is 0 Å². The zero-order valence-corrected chi connectivity index (χ0v) is 8.21. The number of aromatic nitrogens is 1. The Hall–Kier alpha value is -0.410. The van der Waals surface area contributed by atoms with Crippen LogP contribution >= 0.6 is 15.9 Å². The molecule has 1 atom stereocenters. The van der Waals surface area contributed by atoms with Crippen LogP contribution < -0.4 is 0 Å². The van der Waals surface area contributed by atoms with Crippen LogP contribution in [0.1, 0.15) is 30.2 Å². The van der Waals surface area contributed by atoms with Gasteiger partial charge in [-0.3, -0.25) is 0 Å². The highest BCUT2D eigenvalue weighted by molar-refractivity contribution is 9.10. The number of aryl methyl sites for hydroxylation is 1. The van der Waals surface area contributed by atoms with Crippen molar-refractivity contribution in [2.75, 3.05) is 0 Å². The first-order valence-corrected chi connectivity index (χ1v) is 4.90. The second kappa shape index (κ2) is 3.15. The minimum atomic E-state index is -0.355. The summed E-state index contributed by atoms with van der Waals surface area (Å²) in [5.41, 5.74) is 2.05. The van der Waals surface area contributed by atoms with Gasteiger partial charge in [-0.05, 0) is 46.8 Å². The van der Waals surface area contributed by atoms with Gasteiger partial charge in [0.05, 0.1) is 11.8 Å². The number of halogens is 1. The third-order valence-corrected chi connectivity index (χ3v) is 2.66. The van der Waals surface area contributed by atoms with E-state index in [1.165, 1.54) is 5.56 Å². The lowest BCUT2D eigenvalue weighted by atomic mass is 9.94. The molecule has 64 valence electrons. The molecule has 0 fully saturated rings. The smallest absolute Gasteiger partial charge is 0.106 e. The third-order valence-electron chi connectivity index (χ3n) is 2.22. The van der Waals surface area contributed by atoms with Crippen molar-refractivity contribution in [3.05, 3.63) is 28.0 Å². The summed E-state index contributed by atoms with van der Waals surface area (Å²) in [6.07, 6.45) is 2.60. The molecule has 0 amide bonds. The van der Waals surface area contributed by atoms with Crippen LogP contribution in [0.15, 0.2) is 16.7 Å². The van der Waals surface area contributed by atoms with Gasteiger partial charge in [-0.15, -0.1) is 0 Å². The Morgan fingerprint density at radius 2 is 2.33 bits per heavy atom. The maximum absolute atomic E-state index is 9.60. The van der Waals surface area contributed by atoms with Crippen molar-refractivity contribution in [3.8, 4) is 0 Å². The van der Waals surface area contributed by atoms with E-state index >= 15 is 0 Å². The topological polar surface area (TPSA) is 33.1 Å². The number of hydrogen-bond acceptors (Lipinski definition) is 2. The van der Waals surface area contributed by atoms with Crippen molar-refractivity contribution in [2.24, 2.45) is 0 Å². The van der Waals surface area contributed by atoms with Gasteiger partial charge >= 0.3 is 0 Å².